The molecule has 4 rings (SSSR count). The highest BCUT2D eigenvalue weighted by atomic mass is 32.1. The summed E-state index contributed by atoms with van der Waals surface area (Å²) in [4.78, 5) is 19.2. The highest BCUT2D eigenvalue weighted by molar-refractivity contribution is 7.17. The molecule has 4 nitrogen and oxygen atoms in total. The number of anilines is 1. The second-order valence-corrected chi connectivity index (χ2v) is 6.87. The van der Waals surface area contributed by atoms with Crippen molar-refractivity contribution in [2.45, 2.75) is 31.2 Å². The average Bonchev–Trinajstić information content (AvgIpc) is 3.16. The SMILES string of the molecule is O=c1[nH]c(NC2CCC(c3cccc(F)c3)C2)nc2ccsc12. The van der Waals surface area contributed by atoms with Crippen LogP contribution >= 0.6 is 11.3 Å². The highest BCUT2D eigenvalue weighted by Gasteiger charge is 2.26. The monoisotopic (exact) mass is 329 g/mol. The predicted octanol–water partition coefficient (Wildman–Crippen LogP) is 3.87. The first-order valence-corrected chi connectivity index (χ1v) is 8.56. The van der Waals surface area contributed by atoms with E-state index < -0.39 is 0 Å². The molecule has 118 valence electrons. The first kappa shape index (κ1) is 14.4. The number of thiophene rings is 1. The fourth-order valence-corrected chi connectivity index (χ4v) is 4.04. The van der Waals surface area contributed by atoms with Crippen molar-refractivity contribution >= 4 is 27.5 Å². The van der Waals surface area contributed by atoms with Gasteiger partial charge >= 0.3 is 0 Å². The second-order valence-electron chi connectivity index (χ2n) is 5.96. The lowest BCUT2D eigenvalue weighted by Crippen LogP contribution is -2.20. The van der Waals surface area contributed by atoms with Gasteiger partial charge in [-0.3, -0.25) is 9.78 Å². The molecular formula is C17H16FN3OS. The lowest BCUT2D eigenvalue weighted by Gasteiger charge is -2.14. The van der Waals surface area contributed by atoms with Crippen molar-refractivity contribution in [1.82, 2.24) is 9.97 Å². The summed E-state index contributed by atoms with van der Waals surface area (Å²) in [5, 5.41) is 5.19. The van der Waals surface area contributed by atoms with Crippen LogP contribution in [0.15, 0.2) is 40.5 Å². The third-order valence-corrected chi connectivity index (χ3v) is 5.31. The lowest BCUT2D eigenvalue weighted by molar-refractivity contribution is 0.617. The van der Waals surface area contributed by atoms with Gasteiger partial charge in [-0.25, -0.2) is 9.37 Å². The standard InChI is InChI=1S/C17H16FN3OS/c18-12-3-1-2-10(8-12)11-4-5-13(9-11)19-17-20-14-6-7-23-15(14)16(22)21-17/h1-3,6-8,11,13H,4-5,9H2,(H2,19,20,21,22). The molecule has 0 bridgehead atoms. The third kappa shape index (κ3) is 2.86. The Morgan fingerprint density at radius 1 is 1.30 bits per heavy atom. The van der Waals surface area contributed by atoms with E-state index in [2.05, 4.69) is 15.3 Å². The Kier molecular flexibility index (Phi) is 3.61. The number of fused-ring (bicyclic) bond motifs is 1. The molecule has 0 spiro atoms. The van der Waals surface area contributed by atoms with Gasteiger partial charge in [0.15, 0.2) is 0 Å². The van der Waals surface area contributed by atoms with Crippen LogP contribution in [0.3, 0.4) is 0 Å². The topological polar surface area (TPSA) is 57.8 Å². The zero-order chi connectivity index (χ0) is 15.8. The molecule has 23 heavy (non-hydrogen) atoms. The molecule has 0 saturated heterocycles. The van der Waals surface area contributed by atoms with E-state index in [4.69, 9.17) is 0 Å². The van der Waals surface area contributed by atoms with Crippen LogP contribution in [0, 0.1) is 5.82 Å². The number of halogens is 1. The van der Waals surface area contributed by atoms with Crippen LogP contribution in [0.1, 0.15) is 30.7 Å². The van der Waals surface area contributed by atoms with E-state index in [-0.39, 0.29) is 17.4 Å². The van der Waals surface area contributed by atoms with Gasteiger partial charge in [0.2, 0.25) is 5.95 Å². The van der Waals surface area contributed by atoms with E-state index in [9.17, 15) is 9.18 Å². The zero-order valence-corrected chi connectivity index (χ0v) is 13.2. The molecule has 2 N–H and O–H groups in total. The minimum absolute atomic E-state index is 0.104. The molecule has 2 aromatic heterocycles. The van der Waals surface area contributed by atoms with Gasteiger partial charge in [-0.1, -0.05) is 12.1 Å². The van der Waals surface area contributed by atoms with Crippen molar-refractivity contribution in [1.29, 1.82) is 0 Å². The number of aromatic amines is 1. The normalized spacial score (nSPS) is 20.9. The first-order chi connectivity index (χ1) is 11.2. The largest absolute Gasteiger partial charge is 0.353 e. The second kappa shape index (κ2) is 5.77. The van der Waals surface area contributed by atoms with Gasteiger partial charge in [-0.05, 0) is 54.3 Å². The smallest absolute Gasteiger partial charge is 0.270 e. The van der Waals surface area contributed by atoms with Crippen molar-refractivity contribution in [2.24, 2.45) is 0 Å². The van der Waals surface area contributed by atoms with Gasteiger partial charge < -0.3 is 5.32 Å². The molecule has 0 amide bonds. The van der Waals surface area contributed by atoms with Crippen LogP contribution in [0.2, 0.25) is 0 Å². The summed E-state index contributed by atoms with van der Waals surface area (Å²) in [5.74, 6) is 0.679. The predicted molar refractivity (Wildman–Crippen MR) is 90.6 cm³/mol. The van der Waals surface area contributed by atoms with Crippen LogP contribution in [0.5, 0.6) is 0 Å². The minimum Gasteiger partial charge on any atom is -0.353 e. The molecule has 2 heterocycles. The van der Waals surface area contributed by atoms with Crippen LogP contribution in [-0.2, 0) is 0 Å². The Bertz CT molecular complexity index is 904. The van der Waals surface area contributed by atoms with Gasteiger partial charge in [-0.2, -0.15) is 0 Å². The molecule has 1 fully saturated rings. The number of hydrogen-bond donors (Lipinski definition) is 2. The van der Waals surface area contributed by atoms with Crippen molar-refractivity contribution in [3.05, 3.63) is 57.4 Å². The number of rotatable bonds is 3. The fraction of sp³-hybridized carbons (Fsp3) is 0.294. The average molecular weight is 329 g/mol. The molecule has 0 radical (unpaired) electrons. The van der Waals surface area contributed by atoms with Gasteiger partial charge in [-0.15, -0.1) is 11.3 Å². The molecule has 1 saturated carbocycles. The van der Waals surface area contributed by atoms with Gasteiger partial charge in [0.1, 0.15) is 10.5 Å². The summed E-state index contributed by atoms with van der Waals surface area (Å²) in [7, 11) is 0. The molecule has 6 heteroatoms. The zero-order valence-electron chi connectivity index (χ0n) is 12.4. The van der Waals surface area contributed by atoms with Crippen molar-refractivity contribution in [3.8, 4) is 0 Å². The van der Waals surface area contributed by atoms with Gasteiger partial charge in [0.25, 0.3) is 5.56 Å². The maximum absolute atomic E-state index is 13.4. The van der Waals surface area contributed by atoms with Crippen LogP contribution in [-0.4, -0.2) is 16.0 Å². The number of H-pyrrole nitrogens is 1. The van der Waals surface area contributed by atoms with Crippen LogP contribution in [0.25, 0.3) is 10.2 Å². The van der Waals surface area contributed by atoms with Gasteiger partial charge in [0.05, 0.1) is 5.52 Å². The van der Waals surface area contributed by atoms with E-state index >= 15 is 0 Å². The number of aromatic nitrogens is 2. The molecule has 1 aliphatic carbocycles. The summed E-state index contributed by atoms with van der Waals surface area (Å²) < 4.78 is 14.0. The third-order valence-electron chi connectivity index (χ3n) is 4.41. The molecule has 1 aliphatic rings. The van der Waals surface area contributed by atoms with E-state index in [1.54, 1.807) is 12.1 Å². The lowest BCUT2D eigenvalue weighted by atomic mass is 9.97. The first-order valence-electron chi connectivity index (χ1n) is 7.68. The minimum atomic E-state index is -0.187. The Morgan fingerprint density at radius 3 is 3.09 bits per heavy atom. The summed E-state index contributed by atoms with van der Waals surface area (Å²) in [6, 6.07) is 8.92. The Balaban J connectivity index is 1.50. The van der Waals surface area contributed by atoms with Crippen molar-refractivity contribution in [3.63, 3.8) is 0 Å². The van der Waals surface area contributed by atoms with Crippen molar-refractivity contribution < 1.29 is 4.39 Å². The van der Waals surface area contributed by atoms with E-state index in [1.807, 2.05) is 17.5 Å². The van der Waals surface area contributed by atoms with Gasteiger partial charge in [0, 0.05) is 6.04 Å². The Labute approximate surface area is 136 Å². The van der Waals surface area contributed by atoms with Crippen LogP contribution < -0.4 is 10.9 Å². The quantitative estimate of drug-likeness (QED) is 0.767. The molecule has 1 aromatic carbocycles. The number of benzene rings is 1. The maximum atomic E-state index is 13.4. The van der Waals surface area contributed by atoms with E-state index in [1.165, 1.54) is 17.4 Å². The number of nitrogens with one attached hydrogen (secondary N) is 2. The molecule has 2 unspecified atom stereocenters. The molecule has 0 aliphatic heterocycles. The highest BCUT2D eigenvalue weighted by Crippen LogP contribution is 2.35. The van der Waals surface area contributed by atoms with Crippen LogP contribution in [0.4, 0.5) is 10.3 Å². The summed E-state index contributed by atoms with van der Waals surface area (Å²) in [5.41, 5.74) is 1.66. The summed E-state index contributed by atoms with van der Waals surface area (Å²) in [6.45, 7) is 0. The summed E-state index contributed by atoms with van der Waals surface area (Å²) in [6.07, 6.45) is 2.90. The fourth-order valence-electron chi connectivity index (χ4n) is 3.31. The number of hydrogen-bond acceptors (Lipinski definition) is 4. The maximum Gasteiger partial charge on any atom is 0.270 e. The number of nitrogens with zero attached hydrogens (tertiary/aromatic N) is 1. The molecule has 3 aromatic rings. The van der Waals surface area contributed by atoms with E-state index in [0.717, 1.165) is 30.3 Å². The Morgan fingerprint density at radius 2 is 2.22 bits per heavy atom. The van der Waals surface area contributed by atoms with Crippen molar-refractivity contribution in [2.75, 3.05) is 5.32 Å². The van der Waals surface area contributed by atoms with E-state index in [0.29, 0.717) is 16.6 Å². The molecule has 2 atom stereocenters. The molecular weight excluding hydrogens is 313 g/mol. The Hall–Kier alpha value is -2.21. The summed E-state index contributed by atoms with van der Waals surface area (Å²) >= 11 is 1.39.